The van der Waals surface area contributed by atoms with Gasteiger partial charge in [-0.3, -0.25) is 9.78 Å². The van der Waals surface area contributed by atoms with Crippen molar-refractivity contribution in [1.29, 1.82) is 0 Å². The van der Waals surface area contributed by atoms with Crippen LogP contribution in [-0.4, -0.2) is 30.9 Å². The van der Waals surface area contributed by atoms with E-state index in [1.54, 1.807) is 0 Å². The van der Waals surface area contributed by atoms with Crippen molar-refractivity contribution in [2.24, 2.45) is 0 Å². The Kier molecular flexibility index (Phi) is 6.66. The largest absolute Gasteiger partial charge is 0.493 e. The molecule has 2 aromatic heterocycles. The van der Waals surface area contributed by atoms with Crippen LogP contribution in [0.1, 0.15) is 40.7 Å². The van der Waals surface area contributed by atoms with Crippen LogP contribution in [0.3, 0.4) is 0 Å². The van der Waals surface area contributed by atoms with Crippen molar-refractivity contribution in [2.75, 3.05) is 7.04 Å². The Hall–Kier alpha value is -2.75. The molecule has 6 nitrogen and oxygen atoms in total. The summed E-state index contributed by atoms with van der Waals surface area (Å²) in [5, 5.41) is 0.351. The number of thiophene rings is 1. The van der Waals surface area contributed by atoms with Crippen molar-refractivity contribution < 1.29 is 36.7 Å². The van der Waals surface area contributed by atoms with Gasteiger partial charge in [0.1, 0.15) is 11.0 Å². The maximum absolute atomic E-state index is 12.8. The van der Waals surface area contributed by atoms with Crippen molar-refractivity contribution in [1.82, 2.24) is 4.98 Å². The van der Waals surface area contributed by atoms with Gasteiger partial charge in [-0.05, 0) is 35.4 Å². The van der Waals surface area contributed by atoms with Crippen LogP contribution in [0.2, 0.25) is 10.0 Å². The third kappa shape index (κ3) is 5.73. The Morgan fingerprint density at radius 3 is 2.59 bits per heavy atom. The molecule has 0 spiro atoms. The summed E-state index contributed by atoms with van der Waals surface area (Å²) in [5.74, 6) is -1.84. The van der Waals surface area contributed by atoms with E-state index in [-0.39, 0.29) is 26.9 Å². The summed E-state index contributed by atoms with van der Waals surface area (Å²) in [5.41, 5.74) is 0.544. The highest BCUT2D eigenvalue weighted by Crippen LogP contribution is 2.36. The molecule has 0 fully saturated rings. The highest BCUT2D eigenvalue weighted by Gasteiger charge is 2.24. The minimum absolute atomic E-state index is 0.0832. The van der Waals surface area contributed by atoms with Gasteiger partial charge in [0, 0.05) is 18.8 Å². The lowest BCUT2D eigenvalue weighted by molar-refractivity contribution is -0.0512. The predicted octanol–water partition coefficient (Wildman–Crippen LogP) is 6.01. The Bertz CT molecular complexity index is 1210. The van der Waals surface area contributed by atoms with Gasteiger partial charge in [0.05, 0.1) is 26.1 Å². The zero-order valence-electron chi connectivity index (χ0n) is 18.9. The molecule has 0 aliphatic carbocycles. The van der Waals surface area contributed by atoms with Crippen molar-refractivity contribution in [3.05, 3.63) is 73.7 Å². The van der Waals surface area contributed by atoms with E-state index in [1.807, 2.05) is 0 Å². The zero-order chi connectivity index (χ0) is 25.8. The van der Waals surface area contributed by atoms with E-state index in [2.05, 4.69) is 9.72 Å². The highest BCUT2D eigenvalue weighted by atomic mass is 35.5. The molecule has 32 heavy (non-hydrogen) atoms. The van der Waals surface area contributed by atoms with Crippen LogP contribution in [0.5, 0.6) is 11.5 Å². The SMILES string of the molecule is [2H]C([2H])([2H])Oc1cc([C@H](Cc2c(Cl)cncc2Cl)OC(=O)c2ccc(C=O)s2)ccc1OC(F)F. The van der Waals surface area contributed by atoms with Crippen LogP contribution in [0.4, 0.5) is 8.78 Å². The first-order valence-electron chi connectivity index (χ1n) is 10.3. The van der Waals surface area contributed by atoms with Crippen molar-refractivity contribution >= 4 is 46.8 Å². The number of alkyl halides is 2. The molecule has 3 rings (SSSR count). The molecule has 1 atom stereocenters. The molecule has 0 N–H and O–H groups in total. The van der Waals surface area contributed by atoms with Gasteiger partial charge in [0.25, 0.3) is 0 Å². The van der Waals surface area contributed by atoms with Crippen molar-refractivity contribution in [3.8, 4) is 11.5 Å². The average molecular weight is 505 g/mol. The maximum Gasteiger partial charge on any atom is 0.387 e. The smallest absolute Gasteiger partial charge is 0.387 e. The number of carbonyl (C=O) groups excluding carboxylic acids is 2. The molecule has 0 amide bonds. The molecule has 0 aliphatic rings. The molecule has 0 saturated heterocycles. The van der Waals surface area contributed by atoms with E-state index >= 15 is 0 Å². The monoisotopic (exact) mass is 504 g/mol. The summed E-state index contributed by atoms with van der Waals surface area (Å²) in [6.07, 6.45) is 2.04. The number of ether oxygens (including phenoxy) is 3. The molecule has 3 aromatic rings. The molecule has 168 valence electrons. The normalized spacial score (nSPS) is 13.6. The second kappa shape index (κ2) is 10.7. The van der Waals surface area contributed by atoms with Crippen LogP contribution < -0.4 is 9.47 Å². The maximum atomic E-state index is 12.8. The summed E-state index contributed by atoms with van der Waals surface area (Å²) in [4.78, 5) is 28.0. The van der Waals surface area contributed by atoms with E-state index < -0.39 is 37.2 Å². The molecular weight excluding hydrogens is 487 g/mol. The number of aromatic nitrogens is 1. The van der Waals surface area contributed by atoms with Gasteiger partial charge in [-0.2, -0.15) is 8.78 Å². The summed E-state index contributed by atoms with van der Waals surface area (Å²) in [6, 6.07) is 6.32. The number of benzene rings is 1. The van der Waals surface area contributed by atoms with E-state index in [9.17, 15) is 18.4 Å². The minimum Gasteiger partial charge on any atom is -0.493 e. The second-order valence-corrected chi connectivity index (χ2v) is 8.12. The second-order valence-electron chi connectivity index (χ2n) is 6.19. The van der Waals surface area contributed by atoms with E-state index in [0.29, 0.717) is 16.7 Å². The van der Waals surface area contributed by atoms with Crippen molar-refractivity contribution in [3.63, 3.8) is 0 Å². The summed E-state index contributed by atoms with van der Waals surface area (Å²) < 4.78 is 62.4. The Balaban J connectivity index is 2.03. The first kappa shape index (κ1) is 19.9. The number of hydrogen-bond acceptors (Lipinski definition) is 7. The number of halogens is 4. The van der Waals surface area contributed by atoms with Gasteiger partial charge in [-0.15, -0.1) is 11.3 Å². The van der Waals surface area contributed by atoms with E-state index in [0.717, 1.165) is 23.5 Å². The Labute approximate surface area is 199 Å². The number of pyridine rings is 1. The molecule has 1 aromatic carbocycles. The summed E-state index contributed by atoms with van der Waals surface area (Å²) >= 11 is 13.3. The fraction of sp³-hybridized carbons (Fsp3) is 0.190. The lowest BCUT2D eigenvalue weighted by Crippen LogP contribution is -2.14. The zero-order valence-corrected chi connectivity index (χ0v) is 18.2. The van der Waals surface area contributed by atoms with E-state index in [4.69, 9.17) is 36.8 Å². The van der Waals surface area contributed by atoms with Crippen LogP contribution in [0, 0.1) is 0 Å². The Morgan fingerprint density at radius 1 is 1.22 bits per heavy atom. The fourth-order valence-corrected chi connectivity index (χ4v) is 3.98. The van der Waals surface area contributed by atoms with Gasteiger partial charge in [0.2, 0.25) is 0 Å². The van der Waals surface area contributed by atoms with Crippen molar-refractivity contribution in [2.45, 2.75) is 19.1 Å². The average Bonchev–Trinajstić information content (AvgIpc) is 3.25. The van der Waals surface area contributed by atoms with Gasteiger partial charge < -0.3 is 14.2 Å². The van der Waals surface area contributed by atoms with Crippen LogP contribution in [0.15, 0.2) is 42.7 Å². The third-order valence-electron chi connectivity index (χ3n) is 4.20. The van der Waals surface area contributed by atoms with Gasteiger partial charge >= 0.3 is 12.6 Å². The van der Waals surface area contributed by atoms with Gasteiger partial charge in [-0.25, -0.2) is 4.79 Å². The molecule has 0 aliphatic heterocycles. The summed E-state index contributed by atoms with van der Waals surface area (Å²) in [6.45, 7) is -3.24. The number of aldehydes is 1. The molecular formula is C21H15Cl2F2NO5S. The lowest BCUT2D eigenvalue weighted by Gasteiger charge is -2.21. The van der Waals surface area contributed by atoms with Crippen LogP contribution in [0.25, 0.3) is 0 Å². The fourth-order valence-electron chi connectivity index (χ4n) is 2.76. The van der Waals surface area contributed by atoms with Gasteiger partial charge in [0.15, 0.2) is 17.8 Å². The molecule has 0 unspecified atom stereocenters. The standard InChI is InChI=1S/C21H15Cl2F2NO5S/c1-29-18-6-11(2-4-16(18)31-21(24)25)17(7-13-14(22)8-26-9-15(13)23)30-20(28)19-5-3-12(10-27)32-19/h2-6,8-10,17,21H,7H2,1H3/t17-/m0/s1/i1D3. The van der Waals surface area contributed by atoms with Crippen LogP contribution >= 0.6 is 34.5 Å². The van der Waals surface area contributed by atoms with E-state index in [1.165, 1.54) is 30.6 Å². The molecule has 0 radical (unpaired) electrons. The number of hydrogen-bond donors (Lipinski definition) is 0. The number of carbonyl (C=O) groups is 2. The quantitative estimate of drug-likeness (QED) is 0.262. The Morgan fingerprint density at radius 2 is 1.97 bits per heavy atom. The predicted molar refractivity (Wildman–Crippen MR) is 115 cm³/mol. The minimum atomic E-state index is -3.24. The first-order chi connectivity index (χ1) is 16.5. The molecule has 11 heteroatoms. The molecule has 0 bridgehead atoms. The number of nitrogens with zero attached hydrogens (tertiary/aromatic N) is 1. The van der Waals surface area contributed by atoms with Gasteiger partial charge in [-0.1, -0.05) is 29.3 Å². The highest BCUT2D eigenvalue weighted by molar-refractivity contribution is 7.15. The number of rotatable bonds is 9. The molecule has 0 saturated carbocycles. The number of methoxy groups -OCH3 is 1. The third-order valence-corrected chi connectivity index (χ3v) is 5.84. The number of esters is 1. The topological polar surface area (TPSA) is 74.7 Å². The van der Waals surface area contributed by atoms with Crippen LogP contribution in [-0.2, 0) is 11.2 Å². The summed E-state index contributed by atoms with van der Waals surface area (Å²) in [7, 11) is -2.98. The molecule has 2 heterocycles. The first-order valence-corrected chi connectivity index (χ1v) is 10.4. The lowest BCUT2D eigenvalue weighted by atomic mass is 10.0.